The molecule has 20 heavy (non-hydrogen) atoms. The second-order valence-corrected chi connectivity index (χ2v) is 6.33. The molecule has 0 saturated heterocycles. The topological polar surface area (TPSA) is 49.9 Å². The van der Waals surface area contributed by atoms with Crippen LogP contribution in [0.2, 0.25) is 0 Å². The van der Waals surface area contributed by atoms with Gasteiger partial charge in [-0.15, -0.1) is 23.5 Å². The molecule has 0 aliphatic rings. The van der Waals surface area contributed by atoms with Gasteiger partial charge in [0.2, 0.25) is 0 Å². The van der Waals surface area contributed by atoms with Crippen molar-refractivity contribution in [3.63, 3.8) is 0 Å². The number of hydrogen-bond donors (Lipinski definition) is 2. The van der Waals surface area contributed by atoms with E-state index < -0.39 is 0 Å². The first-order valence-corrected chi connectivity index (χ1v) is 8.53. The van der Waals surface area contributed by atoms with E-state index in [-0.39, 0.29) is 5.84 Å². The summed E-state index contributed by atoms with van der Waals surface area (Å²) in [5.41, 5.74) is 9.22. The van der Waals surface area contributed by atoms with Crippen molar-refractivity contribution in [3.8, 4) is 0 Å². The minimum absolute atomic E-state index is 0.141. The van der Waals surface area contributed by atoms with Gasteiger partial charge < -0.3 is 5.73 Å². The van der Waals surface area contributed by atoms with Crippen molar-refractivity contribution in [2.45, 2.75) is 22.5 Å². The molecule has 2 aromatic rings. The third-order valence-electron chi connectivity index (χ3n) is 3.12. The van der Waals surface area contributed by atoms with Crippen LogP contribution < -0.4 is 5.73 Å². The van der Waals surface area contributed by atoms with Crippen molar-refractivity contribution < 1.29 is 0 Å². The lowest BCUT2D eigenvalue weighted by atomic mass is 10.1. The van der Waals surface area contributed by atoms with Crippen LogP contribution in [0.1, 0.15) is 16.7 Å². The zero-order valence-electron chi connectivity index (χ0n) is 11.6. The lowest BCUT2D eigenvalue weighted by molar-refractivity contribution is 1.24. The zero-order chi connectivity index (χ0) is 14.5. The highest BCUT2D eigenvalue weighted by Gasteiger charge is 2.11. The van der Waals surface area contributed by atoms with Crippen molar-refractivity contribution in [3.05, 3.63) is 59.2 Å². The number of hydrogen-bond acceptors (Lipinski definition) is 3. The van der Waals surface area contributed by atoms with Crippen LogP contribution in [0.4, 0.5) is 0 Å². The molecule has 0 amide bonds. The Morgan fingerprint density at radius 1 is 1.10 bits per heavy atom. The first kappa shape index (κ1) is 15.0. The molecule has 4 heteroatoms. The Hall–Kier alpha value is -1.39. The fourth-order valence-electron chi connectivity index (χ4n) is 1.99. The van der Waals surface area contributed by atoms with E-state index in [1.807, 2.05) is 24.5 Å². The normalized spacial score (nSPS) is 10.5. The molecule has 2 rings (SSSR count). The molecule has 2 nitrogen and oxygen atoms in total. The van der Waals surface area contributed by atoms with E-state index in [9.17, 15) is 0 Å². The summed E-state index contributed by atoms with van der Waals surface area (Å²) in [6.07, 6.45) is 2.01. The third kappa shape index (κ3) is 3.38. The van der Waals surface area contributed by atoms with Gasteiger partial charge in [0, 0.05) is 21.1 Å². The standard InChI is InChI=1S/C16H18N2S2/c1-11-6-3-4-7-12(11)10-20-14-9-5-8-13(19-2)15(14)16(17)18/h3-9H,10H2,1-2H3,(H3,17,18). The second kappa shape index (κ2) is 6.86. The summed E-state index contributed by atoms with van der Waals surface area (Å²) >= 11 is 3.37. The Bertz CT molecular complexity index is 624. The van der Waals surface area contributed by atoms with Gasteiger partial charge in [0.25, 0.3) is 0 Å². The number of nitrogens with two attached hydrogens (primary N) is 1. The SMILES string of the molecule is CSc1cccc(SCc2ccccc2C)c1C(=N)N. The number of thioether (sulfide) groups is 2. The highest BCUT2D eigenvalue weighted by atomic mass is 32.2. The second-order valence-electron chi connectivity index (χ2n) is 4.46. The van der Waals surface area contributed by atoms with E-state index in [1.54, 1.807) is 23.5 Å². The lowest BCUT2D eigenvalue weighted by Gasteiger charge is -2.12. The molecule has 0 atom stereocenters. The van der Waals surface area contributed by atoms with Gasteiger partial charge in [-0.3, -0.25) is 5.41 Å². The van der Waals surface area contributed by atoms with Crippen molar-refractivity contribution in [1.29, 1.82) is 5.41 Å². The van der Waals surface area contributed by atoms with E-state index in [2.05, 4.69) is 31.2 Å². The minimum Gasteiger partial charge on any atom is -0.384 e. The fraction of sp³-hybridized carbons (Fsp3) is 0.188. The fourth-order valence-corrected chi connectivity index (χ4v) is 3.87. The van der Waals surface area contributed by atoms with E-state index in [4.69, 9.17) is 11.1 Å². The highest BCUT2D eigenvalue weighted by Crippen LogP contribution is 2.32. The maximum atomic E-state index is 7.80. The van der Waals surface area contributed by atoms with Gasteiger partial charge >= 0.3 is 0 Å². The Labute approximate surface area is 128 Å². The minimum atomic E-state index is 0.141. The van der Waals surface area contributed by atoms with E-state index in [0.717, 1.165) is 21.1 Å². The molecule has 0 saturated carbocycles. The van der Waals surface area contributed by atoms with Crippen LogP contribution in [0.15, 0.2) is 52.3 Å². The van der Waals surface area contributed by atoms with E-state index >= 15 is 0 Å². The predicted octanol–water partition coefficient (Wildman–Crippen LogP) is 4.29. The van der Waals surface area contributed by atoms with Gasteiger partial charge in [0.05, 0.1) is 0 Å². The first-order chi connectivity index (χ1) is 9.63. The molecule has 0 fully saturated rings. The summed E-state index contributed by atoms with van der Waals surface area (Å²) in [4.78, 5) is 2.14. The molecule has 3 N–H and O–H groups in total. The maximum Gasteiger partial charge on any atom is 0.125 e. The van der Waals surface area contributed by atoms with Crippen LogP contribution in [0, 0.1) is 12.3 Å². The Morgan fingerprint density at radius 3 is 2.45 bits per heavy atom. The monoisotopic (exact) mass is 302 g/mol. The molecule has 0 heterocycles. The van der Waals surface area contributed by atoms with Crippen molar-refractivity contribution in [1.82, 2.24) is 0 Å². The quantitative estimate of drug-likeness (QED) is 0.492. The summed E-state index contributed by atoms with van der Waals surface area (Å²) in [7, 11) is 0. The predicted molar refractivity (Wildman–Crippen MR) is 90.0 cm³/mol. The summed E-state index contributed by atoms with van der Waals surface area (Å²) in [5.74, 6) is 1.03. The Morgan fingerprint density at radius 2 is 1.80 bits per heavy atom. The summed E-state index contributed by atoms with van der Waals surface area (Å²) < 4.78 is 0. The Kier molecular flexibility index (Phi) is 5.15. The zero-order valence-corrected chi connectivity index (χ0v) is 13.3. The molecule has 0 spiro atoms. The van der Waals surface area contributed by atoms with Gasteiger partial charge in [-0.1, -0.05) is 30.3 Å². The molecule has 0 aromatic heterocycles. The third-order valence-corrected chi connectivity index (χ3v) is 5.01. The van der Waals surface area contributed by atoms with Gasteiger partial charge in [-0.2, -0.15) is 0 Å². The summed E-state index contributed by atoms with van der Waals surface area (Å²) in [6.45, 7) is 2.13. The smallest absolute Gasteiger partial charge is 0.125 e. The molecule has 0 unspecified atom stereocenters. The Balaban J connectivity index is 2.26. The average molecular weight is 302 g/mol. The molecule has 2 aromatic carbocycles. The van der Waals surface area contributed by atoms with Crippen molar-refractivity contribution in [2.75, 3.05) is 6.26 Å². The number of nitrogen functional groups attached to an aromatic ring is 1. The summed E-state index contributed by atoms with van der Waals surface area (Å²) in [5, 5.41) is 7.80. The molecular weight excluding hydrogens is 284 g/mol. The number of aryl methyl sites for hydroxylation is 1. The number of amidine groups is 1. The largest absolute Gasteiger partial charge is 0.384 e. The molecule has 0 aliphatic heterocycles. The van der Waals surface area contributed by atoms with Crippen LogP contribution >= 0.6 is 23.5 Å². The number of rotatable bonds is 5. The molecular formula is C16H18N2S2. The van der Waals surface area contributed by atoms with Gasteiger partial charge in [-0.05, 0) is 36.4 Å². The number of nitrogens with one attached hydrogen (secondary N) is 1. The maximum absolute atomic E-state index is 7.80. The van der Waals surface area contributed by atoms with E-state index in [0.29, 0.717) is 0 Å². The molecule has 0 bridgehead atoms. The van der Waals surface area contributed by atoms with Crippen LogP contribution in [0.25, 0.3) is 0 Å². The van der Waals surface area contributed by atoms with Crippen molar-refractivity contribution >= 4 is 29.4 Å². The molecule has 0 aliphatic carbocycles. The first-order valence-electron chi connectivity index (χ1n) is 6.32. The van der Waals surface area contributed by atoms with Crippen LogP contribution in [0.3, 0.4) is 0 Å². The van der Waals surface area contributed by atoms with Crippen molar-refractivity contribution in [2.24, 2.45) is 5.73 Å². The van der Waals surface area contributed by atoms with Crippen LogP contribution in [0.5, 0.6) is 0 Å². The van der Waals surface area contributed by atoms with Gasteiger partial charge in [0.15, 0.2) is 0 Å². The van der Waals surface area contributed by atoms with Gasteiger partial charge in [0.1, 0.15) is 5.84 Å². The average Bonchev–Trinajstić information content (AvgIpc) is 2.45. The molecule has 0 radical (unpaired) electrons. The highest BCUT2D eigenvalue weighted by molar-refractivity contribution is 7.99. The van der Waals surface area contributed by atoms with E-state index in [1.165, 1.54) is 11.1 Å². The van der Waals surface area contributed by atoms with Crippen LogP contribution in [-0.2, 0) is 5.75 Å². The number of benzene rings is 2. The molecule has 104 valence electrons. The van der Waals surface area contributed by atoms with Gasteiger partial charge in [-0.25, -0.2) is 0 Å². The summed E-state index contributed by atoms with van der Waals surface area (Å²) in [6, 6.07) is 14.5. The lowest BCUT2D eigenvalue weighted by Crippen LogP contribution is -2.13. The van der Waals surface area contributed by atoms with Crippen LogP contribution in [-0.4, -0.2) is 12.1 Å².